The molecule has 0 unspecified atom stereocenters. The fourth-order valence-corrected chi connectivity index (χ4v) is 3.05. The maximum absolute atomic E-state index is 12.9. The Bertz CT molecular complexity index is 1090. The second-order valence-corrected chi connectivity index (χ2v) is 6.74. The minimum atomic E-state index is -0.936. The van der Waals surface area contributed by atoms with Crippen LogP contribution in [0.3, 0.4) is 0 Å². The van der Waals surface area contributed by atoms with Crippen molar-refractivity contribution >= 4 is 35.3 Å². The molecule has 0 saturated carbocycles. The minimum absolute atomic E-state index is 0.306. The lowest BCUT2D eigenvalue weighted by Crippen LogP contribution is -2.32. The number of rotatable bonds is 4. The number of hydrogen-bond acceptors (Lipinski definition) is 3. The normalized spacial score (nSPS) is 10.9. The highest BCUT2D eigenvalue weighted by Crippen LogP contribution is 2.22. The van der Waals surface area contributed by atoms with Crippen molar-refractivity contribution in [1.29, 1.82) is 0 Å². The monoisotopic (exact) mass is 412 g/mol. The number of hydrogen-bond donors (Lipinski definition) is 2. The zero-order valence-corrected chi connectivity index (χ0v) is 16.5. The molecule has 2 amide bonds. The third-order valence-corrected chi connectivity index (χ3v) is 4.45. The summed E-state index contributed by atoms with van der Waals surface area (Å²) < 4.78 is 14.9. The number of carbonyl (C=O) groups excluding carboxylic acids is 2. The van der Waals surface area contributed by atoms with E-state index in [1.807, 2.05) is 42.7 Å². The van der Waals surface area contributed by atoms with Crippen molar-refractivity contribution in [2.45, 2.75) is 13.8 Å². The number of benzene rings is 2. The average molecular weight is 413 g/mol. The van der Waals surface area contributed by atoms with Gasteiger partial charge in [-0.25, -0.2) is 9.82 Å². The van der Waals surface area contributed by atoms with E-state index < -0.39 is 17.6 Å². The van der Waals surface area contributed by atoms with Crippen LogP contribution in [0.25, 0.3) is 5.69 Å². The number of aryl methyl sites for hydroxylation is 1. The van der Waals surface area contributed by atoms with Gasteiger partial charge in [0.2, 0.25) is 0 Å². The molecule has 3 aromatic rings. The van der Waals surface area contributed by atoms with Crippen molar-refractivity contribution in [1.82, 2.24) is 9.99 Å². The number of hydrazone groups is 1. The highest BCUT2D eigenvalue weighted by Gasteiger charge is 2.13. The van der Waals surface area contributed by atoms with Crippen LogP contribution >= 0.6 is 11.6 Å². The Kier molecular flexibility index (Phi) is 6.09. The van der Waals surface area contributed by atoms with Crippen molar-refractivity contribution < 1.29 is 14.0 Å². The first-order chi connectivity index (χ1) is 13.8. The Labute approximate surface area is 172 Å². The van der Waals surface area contributed by atoms with Gasteiger partial charge in [-0.15, -0.1) is 0 Å². The van der Waals surface area contributed by atoms with E-state index in [1.54, 1.807) is 6.07 Å². The van der Waals surface area contributed by atoms with Crippen LogP contribution in [0, 0.1) is 19.7 Å². The predicted octanol–water partition coefficient (Wildman–Crippen LogP) is 3.98. The smallest absolute Gasteiger partial charge is 0.318 e. The largest absolute Gasteiger partial charge is 0.329 e. The molecule has 0 spiro atoms. The predicted molar refractivity (Wildman–Crippen MR) is 111 cm³/mol. The number of nitrogens with one attached hydrogen (secondary N) is 2. The van der Waals surface area contributed by atoms with Gasteiger partial charge in [-0.05, 0) is 62.4 Å². The average Bonchev–Trinajstić information content (AvgIpc) is 2.97. The zero-order chi connectivity index (χ0) is 21.0. The summed E-state index contributed by atoms with van der Waals surface area (Å²) in [6, 6.07) is 14.4. The third kappa shape index (κ3) is 4.89. The van der Waals surface area contributed by atoms with E-state index in [0.29, 0.717) is 10.7 Å². The summed E-state index contributed by atoms with van der Waals surface area (Å²) in [5.41, 5.74) is 6.04. The van der Waals surface area contributed by atoms with Crippen LogP contribution in [-0.2, 0) is 9.59 Å². The summed E-state index contributed by atoms with van der Waals surface area (Å²) in [4.78, 5) is 23.8. The molecule has 0 saturated heterocycles. The topological polar surface area (TPSA) is 75.5 Å². The van der Waals surface area contributed by atoms with Crippen LogP contribution in [-0.4, -0.2) is 22.6 Å². The van der Waals surface area contributed by atoms with E-state index >= 15 is 0 Å². The summed E-state index contributed by atoms with van der Waals surface area (Å²) in [6.45, 7) is 3.86. The van der Waals surface area contributed by atoms with Gasteiger partial charge < -0.3 is 9.88 Å². The van der Waals surface area contributed by atoms with Gasteiger partial charge in [-0.2, -0.15) is 5.10 Å². The standard InChI is InChI=1S/C21H18ClFN4O2/c1-13-10-15(14(2)27(13)19-5-3-4-16(22)11-19)12-24-26-21(29)20(28)25-18-8-6-17(23)7-9-18/h3-12H,1-2H3,(H,25,28)(H,26,29)/b24-12-. The molecular weight excluding hydrogens is 395 g/mol. The fraction of sp³-hybridized carbons (Fsp3) is 0.0952. The van der Waals surface area contributed by atoms with Gasteiger partial charge in [0.25, 0.3) is 0 Å². The highest BCUT2D eigenvalue weighted by atomic mass is 35.5. The maximum atomic E-state index is 12.9. The van der Waals surface area contributed by atoms with Crippen LogP contribution in [0.4, 0.5) is 10.1 Å². The lowest BCUT2D eigenvalue weighted by atomic mass is 10.2. The van der Waals surface area contributed by atoms with Gasteiger partial charge in [0, 0.05) is 33.3 Å². The van der Waals surface area contributed by atoms with Crippen LogP contribution < -0.4 is 10.7 Å². The Morgan fingerprint density at radius 3 is 2.48 bits per heavy atom. The highest BCUT2D eigenvalue weighted by molar-refractivity contribution is 6.39. The van der Waals surface area contributed by atoms with E-state index in [1.165, 1.54) is 30.5 Å². The molecule has 0 aliphatic rings. The molecule has 1 heterocycles. The van der Waals surface area contributed by atoms with Crippen molar-refractivity contribution in [2.24, 2.45) is 5.10 Å². The second-order valence-electron chi connectivity index (χ2n) is 6.30. The van der Waals surface area contributed by atoms with Gasteiger partial charge in [-0.3, -0.25) is 9.59 Å². The first kappa shape index (κ1) is 20.3. The lowest BCUT2D eigenvalue weighted by Gasteiger charge is -2.09. The summed E-state index contributed by atoms with van der Waals surface area (Å²) in [6.07, 6.45) is 1.46. The Morgan fingerprint density at radius 1 is 1.07 bits per heavy atom. The zero-order valence-electron chi connectivity index (χ0n) is 15.7. The molecule has 2 N–H and O–H groups in total. The van der Waals surface area contributed by atoms with Crippen molar-refractivity contribution in [2.75, 3.05) is 5.32 Å². The lowest BCUT2D eigenvalue weighted by molar-refractivity contribution is -0.136. The summed E-state index contributed by atoms with van der Waals surface area (Å²) in [5, 5.41) is 6.85. The van der Waals surface area contributed by atoms with Crippen LogP contribution in [0.2, 0.25) is 5.02 Å². The summed E-state index contributed by atoms with van der Waals surface area (Å²) in [5.74, 6) is -2.28. The van der Waals surface area contributed by atoms with Gasteiger partial charge in [0.05, 0.1) is 6.21 Å². The molecule has 2 aromatic carbocycles. The number of amides is 2. The molecule has 0 bridgehead atoms. The Balaban J connectivity index is 1.67. The van der Waals surface area contributed by atoms with Crippen molar-refractivity contribution in [3.63, 3.8) is 0 Å². The van der Waals surface area contributed by atoms with Crippen LogP contribution in [0.15, 0.2) is 59.7 Å². The molecule has 6 nitrogen and oxygen atoms in total. The Hall–Kier alpha value is -3.45. The van der Waals surface area contributed by atoms with Gasteiger partial charge in [0.15, 0.2) is 0 Å². The second kappa shape index (κ2) is 8.70. The molecule has 0 fully saturated rings. The van der Waals surface area contributed by atoms with Crippen LogP contribution in [0.5, 0.6) is 0 Å². The molecule has 0 atom stereocenters. The quantitative estimate of drug-likeness (QED) is 0.386. The summed E-state index contributed by atoms with van der Waals surface area (Å²) >= 11 is 6.08. The molecule has 0 aliphatic carbocycles. The number of anilines is 1. The van der Waals surface area contributed by atoms with E-state index in [-0.39, 0.29) is 0 Å². The molecule has 8 heteroatoms. The molecule has 3 rings (SSSR count). The molecule has 0 radical (unpaired) electrons. The van der Waals surface area contributed by atoms with Crippen molar-refractivity contribution in [3.05, 3.63) is 82.4 Å². The SMILES string of the molecule is Cc1cc(/C=N\NC(=O)C(=O)Nc2ccc(F)cc2)c(C)n1-c1cccc(Cl)c1. The van der Waals surface area contributed by atoms with E-state index in [4.69, 9.17) is 11.6 Å². The van der Waals surface area contributed by atoms with Crippen molar-refractivity contribution in [3.8, 4) is 5.69 Å². The first-order valence-corrected chi connectivity index (χ1v) is 9.08. The third-order valence-electron chi connectivity index (χ3n) is 4.21. The number of halogens is 2. The van der Waals surface area contributed by atoms with Gasteiger partial charge in [0.1, 0.15) is 5.82 Å². The van der Waals surface area contributed by atoms with Gasteiger partial charge >= 0.3 is 11.8 Å². The first-order valence-electron chi connectivity index (χ1n) is 8.70. The molecule has 1 aromatic heterocycles. The maximum Gasteiger partial charge on any atom is 0.329 e. The molecule has 148 valence electrons. The molecule has 0 aliphatic heterocycles. The van der Waals surface area contributed by atoms with E-state index in [0.717, 1.165) is 22.6 Å². The van der Waals surface area contributed by atoms with E-state index in [2.05, 4.69) is 15.8 Å². The van der Waals surface area contributed by atoms with Crippen LogP contribution in [0.1, 0.15) is 17.0 Å². The molecular formula is C21H18ClFN4O2. The molecule has 29 heavy (non-hydrogen) atoms. The van der Waals surface area contributed by atoms with Gasteiger partial charge in [-0.1, -0.05) is 17.7 Å². The fourth-order valence-electron chi connectivity index (χ4n) is 2.86. The minimum Gasteiger partial charge on any atom is -0.318 e. The number of aromatic nitrogens is 1. The number of carbonyl (C=O) groups is 2. The number of nitrogens with zero attached hydrogens (tertiary/aromatic N) is 2. The summed E-state index contributed by atoms with van der Waals surface area (Å²) in [7, 11) is 0. The Morgan fingerprint density at radius 2 is 1.79 bits per heavy atom. The van der Waals surface area contributed by atoms with E-state index in [9.17, 15) is 14.0 Å².